The van der Waals surface area contributed by atoms with Crippen molar-refractivity contribution in [1.29, 1.82) is 0 Å². The number of hydrogen-bond donors (Lipinski definition) is 2. The molecule has 0 bridgehead atoms. The molecule has 7 nitrogen and oxygen atoms in total. The molecular formula is C17H13N5O2S. The Bertz CT molecular complexity index is 1190. The van der Waals surface area contributed by atoms with Crippen molar-refractivity contribution in [3.8, 4) is 0 Å². The molecule has 3 heterocycles. The Morgan fingerprint density at radius 2 is 1.96 bits per heavy atom. The van der Waals surface area contributed by atoms with Gasteiger partial charge in [0.05, 0.1) is 33.7 Å². The number of H-pyrrole nitrogens is 1. The monoisotopic (exact) mass is 351 g/mol. The molecule has 0 amide bonds. The van der Waals surface area contributed by atoms with Crippen molar-refractivity contribution in [2.75, 3.05) is 11.6 Å². The molecule has 0 saturated heterocycles. The summed E-state index contributed by atoms with van der Waals surface area (Å²) in [6.45, 7) is 0. The number of fused-ring (bicyclic) bond motifs is 2. The Morgan fingerprint density at radius 1 is 1.12 bits per heavy atom. The van der Waals surface area contributed by atoms with Gasteiger partial charge in [0, 0.05) is 17.8 Å². The van der Waals surface area contributed by atoms with Crippen LogP contribution in [0.4, 0.5) is 11.5 Å². The molecule has 2 N–H and O–H groups in total. The highest BCUT2D eigenvalue weighted by molar-refractivity contribution is 7.84. The largest absolute Gasteiger partial charge is 0.338 e. The first kappa shape index (κ1) is 15.4. The van der Waals surface area contributed by atoms with Crippen LogP contribution in [0.1, 0.15) is 0 Å². The number of aromatic amines is 1. The number of nitrogens with zero attached hydrogens (tertiary/aromatic N) is 3. The highest BCUT2D eigenvalue weighted by atomic mass is 32.2. The lowest BCUT2D eigenvalue weighted by molar-refractivity contribution is 0.680. The molecule has 25 heavy (non-hydrogen) atoms. The molecule has 3 aromatic heterocycles. The first-order valence-electron chi connectivity index (χ1n) is 7.46. The lowest BCUT2D eigenvalue weighted by atomic mass is 10.2. The van der Waals surface area contributed by atoms with Crippen molar-refractivity contribution in [1.82, 2.24) is 19.9 Å². The average Bonchev–Trinajstić information content (AvgIpc) is 2.61. The van der Waals surface area contributed by atoms with E-state index in [9.17, 15) is 9.00 Å². The fourth-order valence-electron chi connectivity index (χ4n) is 2.56. The van der Waals surface area contributed by atoms with Gasteiger partial charge in [-0.3, -0.25) is 14.0 Å². The molecule has 4 rings (SSSR count). The van der Waals surface area contributed by atoms with Gasteiger partial charge in [-0.25, -0.2) is 9.97 Å². The summed E-state index contributed by atoms with van der Waals surface area (Å²) in [5, 5.41) is 4.54. The minimum absolute atomic E-state index is 0.161. The zero-order valence-corrected chi connectivity index (χ0v) is 14.0. The van der Waals surface area contributed by atoms with Crippen LogP contribution in [0, 0.1) is 0 Å². The van der Waals surface area contributed by atoms with E-state index in [0.29, 0.717) is 22.4 Å². The summed E-state index contributed by atoms with van der Waals surface area (Å²) >= 11 is 0. The van der Waals surface area contributed by atoms with Crippen LogP contribution in [0.5, 0.6) is 0 Å². The van der Waals surface area contributed by atoms with Gasteiger partial charge in [-0.05, 0) is 18.2 Å². The fourth-order valence-corrected chi connectivity index (χ4v) is 3.01. The number of hydrogen-bond acceptors (Lipinski definition) is 6. The quantitative estimate of drug-likeness (QED) is 0.550. The van der Waals surface area contributed by atoms with E-state index < -0.39 is 10.8 Å². The Morgan fingerprint density at radius 3 is 2.80 bits per heavy atom. The molecule has 124 valence electrons. The molecule has 1 atom stereocenters. The maximum atomic E-state index is 12.2. The first-order chi connectivity index (χ1) is 12.1. The van der Waals surface area contributed by atoms with Crippen molar-refractivity contribution >= 4 is 44.1 Å². The third kappa shape index (κ3) is 2.87. The summed E-state index contributed by atoms with van der Waals surface area (Å²) < 4.78 is 11.8. The maximum Gasteiger partial charge on any atom is 0.261 e. The van der Waals surface area contributed by atoms with E-state index in [1.165, 1.54) is 12.5 Å². The number of para-hydroxylation sites is 1. The molecule has 0 spiro atoms. The number of pyridine rings is 2. The normalized spacial score (nSPS) is 12.4. The molecule has 0 aliphatic rings. The van der Waals surface area contributed by atoms with Crippen LogP contribution in [0.25, 0.3) is 21.8 Å². The Kier molecular flexibility index (Phi) is 3.73. The van der Waals surface area contributed by atoms with Gasteiger partial charge in [0.2, 0.25) is 5.16 Å². The summed E-state index contributed by atoms with van der Waals surface area (Å²) in [7, 11) is -1.37. The topological polar surface area (TPSA) is 101 Å². The first-order valence-corrected chi connectivity index (χ1v) is 9.02. The van der Waals surface area contributed by atoms with Crippen molar-refractivity contribution in [3.63, 3.8) is 0 Å². The van der Waals surface area contributed by atoms with Gasteiger partial charge in [0.25, 0.3) is 5.56 Å². The van der Waals surface area contributed by atoms with E-state index in [2.05, 4.69) is 25.3 Å². The van der Waals surface area contributed by atoms with Crippen molar-refractivity contribution in [3.05, 3.63) is 59.1 Å². The minimum Gasteiger partial charge on any atom is -0.338 e. The highest BCUT2D eigenvalue weighted by Gasteiger charge is 2.13. The van der Waals surface area contributed by atoms with Crippen LogP contribution >= 0.6 is 0 Å². The molecular weight excluding hydrogens is 338 g/mol. The smallest absolute Gasteiger partial charge is 0.261 e. The summed E-state index contributed by atoms with van der Waals surface area (Å²) in [6, 6.07) is 11.3. The Balaban J connectivity index is 1.89. The van der Waals surface area contributed by atoms with Gasteiger partial charge in [-0.15, -0.1) is 0 Å². The molecule has 1 unspecified atom stereocenters. The van der Waals surface area contributed by atoms with Crippen LogP contribution in [0.2, 0.25) is 0 Å². The summed E-state index contributed by atoms with van der Waals surface area (Å²) in [5.74, 6) is 0.300. The van der Waals surface area contributed by atoms with Gasteiger partial charge >= 0.3 is 0 Å². The van der Waals surface area contributed by atoms with Crippen molar-refractivity contribution in [2.45, 2.75) is 5.16 Å². The third-order valence-corrected chi connectivity index (χ3v) is 4.41. The van der Waals surface area contributed by atoms with Crippen LogP contribution in [0.15, 0.2) is 58.7 Å². The predicted molar refractivity (Wildman–Crippen MR) is 97.5 cm³/mol. The maximum absolute atomic E-state index is 12.2. The molecule has 0 radical (unpaired) electrons. The van der Waals surface area contributed by atoms with E-state index in [-0.39, 0.29) is 10.7 Å². The van der Waals surface area contributed by atoms with Crippen molar-refractivity contribution < 1.29 is 4.21 Å². The Labute approximate surface area is 144 Å². The lowest BCUT2D eigenvalue weighted by Crippen LogP contribution is -2.12. The van der Waals surface area contributed by atoms with Gasteiger partial charge < -0.3 is 10.3 Å². The van der Waals surface area contributed by atoms with E-state index in [1.54, 1.807) is 12.3 Å². The number of rotatable bonds is 3. The number of benzene rings is 1. The molecule has 8 heteroatoms. The highest BCUT2D eigenvalue weighted by Crippen LogP contribution is 2.23. The molecule has 0 saturated carbocycles. The van der Waals surface area contributed by atoms with E-state index in [0.717, 1.165) is 10.9 Å². The molecule has 0 fully saturated rings. The average molecular weight is 351 g/mol. The standard InChI is InChI=1S/C17H13N5O2S/c1-25(24)17-21-13-6-7-18-16(23)14(13)15(22-17)20-11-8-10-4-2-3-5-12(10)19-9-11/h2-9H,1H3,(H,18,23)(H,20,21,22). The van der Waals surface area contributed by atoms with Crippen LogP contribution in [0.3, 0.4) is 0 Å². The third-order valence-electron chi connectivity index (χ3n) is 3.71. The second-order valence-electron chi connectivity index (χ2n) is 5.42. The molecule has 4 aromatic rings. The van der Waals surface area contributed by atoms with Gasteiger partial charge in [0.15, 0.2) is 0 Å². The van der Waals surface area contributed by atoms with Gasteiger partial charge in [0.1, 0.15) is 11.2 Å². The summed E-state index contributed by atoms with van der Waals surface area (Å²) in [4.78, 5) is 27.7. The van der Waals surface area contributed by atoms with Gasteiger partial charge in [-0.2, -0.15) is 0 Å². The molecule has 1 aromatic carbocycles. The summed E-state index contributed by atoms with van der Waals surface area (Å²) in [5.41, 5.74) is 1.66. The number of anilines is 2. The lowest BCUT2D eigenvalue weighted by Gasteiger charge is -2.10. The van der Waals surface area contributed by atoms with Gasteiger partial charge in [-0.1, -0.05) is 18.2 Å². The SMILES string of the molecule is CS(=O)c1nc(Nc2cnc3ccccc3c2)c2c(=O)[nH]ccc2n1. The molecule has 0 aliphatic heterocycles. The zero-order valence-electron chi connectivity index (χ0n) is 13.2. The second kappa shape index (κ2) is 6.06. The fraction of sp³-hybridized carbons (Fsp3) is 0.0588. The van der Waals surface area contributed by atoms with Crippen LogP contribution in [-0.4, -0.2) is 30.4 Å². The number of nitrogens with one attached hydrogen (secondary N) is 2. The van der Waals surface area contributed by atoms with E-state index >= 15 is 0 Å². The zero-order chi connectivity index (χ0) is 17.4. The minimum atomic E-state index is -1.37. The molecule has 0 aliphatic carbocycles. The second-order valence-corrected chi connectivity index (χ2v) is 6.69. The summed E-state index contributed by atoms with van der Waals surface area (Å²) in [6.07, 6.45) is 4.66. The Hall–Kier alpha value is -3.13. The van der Waals surface area contributed by atoms with Crippen LogP contribution < -0.4 is 10.9 Å². The van der Waals surface area contributed by atoms with E-state index in [1.807, 2.05) is 30.3 Å². The van der Waals surface area contributed by atoms with Crippen molar-refractivity contribution in [2.24, 2.45) is 0 Å². The predicted octanol–water partition coefficient (Wildman–Crippen LogP) is 2.35. The number of aromatic nitrogens is 4. The van der Waals surface area contributed by atoms with E-state index in [4.69, 9.17) is 0 Å². The van der Waals surface area contributed by atoms with Crippen LogP contribution in [-0.2, 0) is 10.8 Å².